The second kappa shape index (κ2) is 4.45. The van der Waals surface area contributed by atoms with Crippen LogP contribution in [-0.2, 0) is 19.3 Å². The predicted octanol–water partition coefficient (Wildman–Crippen LogP) is 1.03. The fourth-order valence-electron chi connectivity index (χ4n) is 3.02. The van der Waals surface area contributed by atoms with E-state index in [2.05, 4.69) is 10.2 Å². The van der Waals surface area contributed by atoms with Crippen LogP contribution in [0.3, 0.4) is 0 Å². The van der Waals surface area contributed by atoms with E-state index in [0.29, 0.717) is 18.9 Å². The molecule has 2 atom stereocenters. The van der Waals surface area contributed by atoms with Crippen LogP contribution in [0.5, 0.6) is 0 Å². The number of aliphatic hydroxyl groups is 1. The molecule has 2 unspecified atom stereocenters. The number of hydrogen-bond donors (Lipinski definition) is 1. The van der Waals surface area contributed by atoms with E-state index in [4.69, 9.17) is 0 Å². The summed E-state index contributed by atoms with van der Waals surface area (Å²) in [7, 11) is 0. The molecule has 5 nitrogen and oxygen atoms in total. The molecule has 1 fully saturated rings. The van der Waals surface area contributed by atoms with Crippen LogP contribution in [0.1, 0.15) is 30.9 Å². The van der Waals surface area contributed by atoms with E-state index in [-0.39, 0.29) is 18.7 Å². The molecule has 0 amide bonds. The summed E-state index contributed by atoms with van der Waals surface area (Å²) in [5.41, 5.74) is 0. The van der Waals surface area contributed by atoms with Crippen molar-refractivity contribution in [2.75, 3.05) is 6.54 Å². The van der Waals surface area contributed by atoms with Crippen LogP contribution in [0.4, 0.5) is 13.2 Å². The molecule has 0 radical (unpaired) electrons. The third-order valence-electron chi connectivity index (χ3n) is 3.95. The maximum atomic E-state index is 12.7. The lowest BCUT2D eigenvalue weighted by atomic mass is 10.1. The molecule has 2 aliphatic rings. The lowest BCUT2D eigenvalue weighted by molar-refractivity contribution is -0.148. The van der Waals surface area contributed by atoms with Gasteiger partial charge in [-0.15, -0.1) is 10.2 Å². The van der Waals surface area contributed by atoms with Gasteiger partial charge >= 0.3 is 6.18 Å². The van der Waals surface area contributed by atoms with Gasteiger partial charge in [-0.2, -0.15) is 13.2 Å². The Kier molecular flexibility index (Phi) is 3.01. The quantitative estimate of drug-likeness (QED) is 0.832. The maximum absolute atomic E-state index is 12.7. The van der Waals surface area contributed by atoms with E-state index in [1.807, 2.05) is 4.90 Å². The Morgan fingerprint density at radius 3 is 2.58 bits per heavy atom. The Bertz CT molecular complexity index is 473. The number of nitrogens with zero attached hydrogens (tertiary/aromatic N) is 4. The Hall–Kier alpha value is -1.15. The van der Waals surface area contributed by atoms with E-state index in [1.165, 1.54) is 0 Å². The summed E-state index contributed by atoms with van der Waals surface area (Å²) in [6.45, 7) is 1.04. The van der Waals surface area contributed by atoms with Crippen molar-refractivity contribution in [3.63, 3.8) is 0 Å². The molecule has 1 aliphatic carbocycles. The van der Waals surface area contributed by atoms with Gasteiger partial charge in [-0.25, -0.2) is 0 Å². The molecule has 0 spiro atoms. The zero-order valence-electron chi connectivity index (χ0n) is 10.3. The highest BCUT2D eigenvalue weighted by Crippen LogP contribution is 2.31. The molecule has 1 aliphatic heterocycles. The van der Waals surface area contributed by atoms with Crippen molar-refractivity contribution in [2.45, 2.75) is 50.7 Å². The van der Waals surface area contributed by atoms with E-state index < -0.39 is 12.0 Å². The van der Waals surface area contributed by atoms with Crippen LogP contribution < -0.4 is 0 Å². The van der Waals surface area contributed by atoms with Gasteiger partial charge in [0.15, 0.2) is 0 Å². The molecule has 19 heavy (non-hydrogen) atoms. The van der Waals surface area contributed by atoms with Crippen LogP contribution in [0.25, 0.3) is 0 Å². The van der Waals surface area contributed by atoms with Gasteiger partial charge in [-0.3, -0.25) is 4.90 Å². The summed E-state index contributed by atoms with van der Waals surface area (Å²) in [5, 5.41) is 16.7. The molecular formula is C11H15F3N4O. The molecular weight excluding hydrogens is 261 g/mol. The molecule has 0 aromatic carbocycles. The van der Waals surface area contributed by atoms with Crippen molar-refractivity contribution in [1.29, 1.82) is 0 Å². The van der Waals surface area contributed by atoms with Gasteiger partial charge in [-0.1, -0.05) is 0 Å². The zero-order chi connectivity index (χ0) is 13.6. The molecule has 8 heteroatoms. The minimum atomic E-state index is -4.46. The highest BCUT2D eigenvalue weighted by Gasteiger charge is 2.41. The van der Waals surface area contributed by atoms with Gasteiger partial charge in [0, 0.05) is 19.1 Å². The highest BCUT2D eigenvalue weighted by atomic mass is 19.4. The van der Waals surface area contributed by atoms with Crippen LogP contribution >= 0.6 is 0 Å². The van der Waals surface area contributed by atoms with Gasteiger partial charge in [0.2, 0.25) is 5.82 Å². The standard InChI is InChI=1S/C11H15F3N4O/c12-11(13,14)10-16-15-9-6-17(4-5-18(9)10)7-2-1-3-8(7)19/h7-8,19H,1-6H2. The summed E-state index contributed by atoms with van der Waals surface area (Å²) < 4.78 is 39.2. The van der Waals surface area contributed by atoms with Crippen molar-refractivity contribution in [3.8, 4) is 0 Å². The summed E-state index contributed by atoms with van der Waals surface area (Å²) in [4.78, 5) is 2.02. The van der Waals surface area contributed by atoms with Crippen molar-refractivity contribution in [3.05, 3.63) is 11.6 Å². The van der Waals surface area contributed by atoms with Gasteiger partial charge in [0.05, 0.1) is 12.6 Å². The largest absolute Gasteiger partial charge is 0.451 e. The number of rotatable bonds is 1. The van der Waals surface area contributed by atoms with Crippen LogP contribution in [0.15, 0.2) is 0 Å². The highest BCUT2D eigenvalue weighted by molar-refractivity contribution is 5.03. The monoisotopic (exact) mass is 276 g/mol. The molecule has 0 bridgehead atoms. The first-order valence-electron chi connectivity index (χ1n) is 6.38. The number of aliphatic hydroxyl groups excluding tert-OH is 1. The summed E-state index contributed by atoms with van der Waals surface area (Å²) >= 11 is 0. The fourth-order valence-corrected chi connectivity index (χ4v) is 3.02. The Labute approximate surface area is 108 Å². The number of halogens is 3. The topological polar surface area (TPSA) is 54.2 Å². The smallest absolute Gasteiger partial charge is 0.391 e. The number of alkyl halides is 3. The summed E-state index contributed by atoms with van der Waals surface area (Å²) in [5.74, 6) is -0.591. The van der Waals surface area contributed by atoms with Crippen molar-refractivity contribution < 1.29 is 18.3 Å². The van der Waals surface area contributed by atoms with Gasteiger partial charge in [-0.05, 0) is 19.3 Å². The van der Waals surface area contributed by atoms with Crippen LogP contribution in [0.2, 0.25) is 0 Å². The number of fused-ring (bicyclic) bond motifs is 1. The third-order valence-corrected chi connectivity index (χ3v) is 3.95. The second-order valence-corrected chi connectivity index (χ2v) is 5.13. The lowest BCUT2D eigenvalue weighted by Crippen LogP contribution is -2.45. The predicted molar refractivity (Wildman–Crippen MR) is 59.1 cm³/mol. The lowest BCUT2D eigenvalue weighted by Gasteiger charge is -2.34. The van der Waals surface area contributed by atoms with Crippen molar-refractivity contribution in [1.82, 2.24) is 19.7 Å². The van der Waals surface area contributed by atoms with Crippen molar-refractivity contribution >= 4 is 0 Å². The first-order chi connectivity index (χ1) is 8.97. The zero-order valence-corrected chi connectivity index (χ0v) is 10.3. The normalized spacial score (nSPS) is 28.6. The minimum Gasteiger partial charge on any atom is -0.391 e. The second-order valence-electron chi connectivity index (χ2n) is 5.13. The van der Waals surface area contributed by atoms with Gasteiger partial charge < -0.3 is 9.67 Å². The summed E-state index contributed by atoms with van der Waals surface area (Å²) in [6.07, 6.45) is -2.22. The molecule has 106 valence electrons. The maximum Gasteiger partial charge on any atom is 0.451 e. The molecule has 1 N–H and O–H groups in total. The van der Waals surface area contributed by atoms with Crippen LogP contribution in [0, 0.1) is 0 Å². The average Bonchev–Trinajstić information content (AvgIpc) is 2.92. The average molecular weight is 276 g/mol. The number of aromatic nitrogens is 3. The summed E-state index contributed by atoms with van der Waals surface area (Å²) in [6, 6.07) is 0.0415. The van der Waals surface area contributed by atoms with E-state index in [1.54, 1.807) is 0 Å². The van der Waals surface area contributed by atoms with E-state index >= 15 is 0 Å². The van der Waals surface area contributed by atoms with E-state index in [9.17, 15) is 18.3 Å². The van der Waals surface area contributed by atoms with Crippen molar-refractivity contribution in [2.24, 2.45) is 0 Å². The first kappa shape index (κ1) is 12.9. The molecule has 3 rings (SSSR count). The molecule has 1 saturated carbocycles. The molecule has 2 heterocycles. The SMILES string of the molecule is OC1CCCC1N1CCn2c(nnc2C(F)(F)F)C1. The minimum absolute atomic E-state index is 0.0415. The third kappa shape index (κ3) is 2.23. The van der Waals surface area contributed by atoms with E-state index in [0.717, 1.165) is 23.8 Å². The molecule has 1 aromatic heterocycles. The van der Waals surface area contributed by atoms with Gasteiger partial charge in [0.25, 0.3) is 0 Å². The molecule has 1 aromatic rings. The van der Waals surface area contributed by atoms with Gasteiger partial charge in [0.1, 0.15) is 5.82 Å². The number of hydrogen-bond acceptors (Lipinski definition) is 4. The fraction of sp³-hybridized carbons (Fsp3) is 0.818. The Balaban J connectivity index is 1.80. The van der Waals surface area contributed by atoms with Crippen LogP contribution in [-0.4, -0.2) is 43.5 Å². The Morgan fingerprint density at radius 2 is 1.95 bits per heavy atom. The molecule has 0 saturated heterocycles. The first-order valence-corrected chi connectivity index (χ1v) is 6.38. The Morgan fingerprint density at radius 1 is 1.16 bits per heavy atom.